The number of pyridine rings is 1. The molecule has 0 unspecified atom stereocenters. The number of para-hydroxylation sites is 1. The molecule has 0 aliphatic rings. The van der Waals surface area contributed by atoms with Gasteiger partial charge in [0.15, 0.2) is 0 Å². The van der Waals surface area contributed by atoms with Gasteiger partial charge in [0.05, 0.1) is 12.6 Å². The summed E-state index contributed by atoms with van der Waals surface area (Å²) < 4.78 is 35.6. The van der Waals surface area contributed by atoms with Crippen molar-refractivity contribution in [3.63, 3.8) is 0 Å². The zero-order valence-corrected chi connectivity index (χ0v) is 13.5. The molecule has 0 amide bonds. The third-order valence-electron chi connectivity index (χ3n) is 4.36. The Kier molecular flexibility index (Phi) is 3.61. The number of halogens is 2. The molecule has 124 valence electrons. The number of alkyl halides is 2. The van der Waals surface area contributed by atoms with Gasteiger partial charge < -0.3 is 4.74 Å². The molecule has 0 fully saturated rings. The van der Waals surface area contributed by atoms with E-state index >= 15 is 8.78 Å². The molecule has 0 aliphatic heterocycles. The largest absolute Gasteiger partial charge is 0.497 e. The van der Waals surface area contributed by atoms with Crippen LogP contribution >= 0.6 is 0 Å². The molecule has 1 aromatic heterocycles. The van der Waals surface area contributed by atoms with Crippen LogP contribution in [-0.2, 0) is 5.92 Å². The topological polar surface area (TPSA) is 22.1 Å². The van der Waals surface area contributed by atoms with E-state index in [-0.39, 0.29) is 11.3 Å². The van der Waals surface area contributed by atoms with E-state index in [4.69, 9.17) is 4.74 Å². The fourth-order valence-corrected chi connectivity index (χ4v) is 3.08. The summed E-state index contributed by atoms with van der Waals surface area (Å²) in [6.07, 6.45) is 0. The molecular formula is C21H15F2NO. The van der Waals surface area contributed by atoms with Gasteiger partial charge in [-0.05, 0) is 35.7 Å². The summed E-state index contributed by atoms with van der Waals surface area (Å²) in [5.74, 6) is -2.67. The highest BCUT2D eigenvalue weighted by Crippen LogP contribution is 2.40. The van der Waals surface area contributed by atoms with Crippen LogP contribution in [0.25, 0.3) is 21.7 Å². The number of aromatic nitrogens is 1. The highest BCUT2D eigenvalue weighted by Gasteiger charge is 2.37. The molecule has 2 nitrogen and oxygen atoms in total. The van der Waals surface area contributed by atoms with E-state index in [0.717, 1.165) is 10.8 Å². The maximum Gasteiger partial charge on any atom is 0.315 e. The van der Waals surface area contributed by atoms with Crippen molar-refractivity contribution in [1.29, 1.82) is 0 Å². The number of hydrogen-bond acceptors (Lipinski definition) is 2. The Balaban J connectivity index is 2.00. The molecular weight excluding hydrogens is 320 g/mol. The van der Waals surface area contributed by atoms with E-state index in [1.807, 2.05) is 24.3 Å². The van der Waals surface area contributed by atoms with Crippen molar-refractivity contribution in [3.8, 4) is 5.75 Å². The van der Waals surface area contributed by atoms with Crippen LogP contribution in [0.5, 0.6) is 5.75 Å². The fraction of sp³-hybridized carbons (Fsp3) is 0.0952. The van der Waals surface area contributed by atoms with Gasteiger partial charge in [-0.3, -0.25) is 0 Å². The zero-order chi connectivity index (χ0) is 17.4. The zero-order valence-electron chi connectivity index (χ0n) is 13.5. The lowest BCUT2D eigenvalue weighted by Gasteiger charge is -2.19. The normalized spacial score (nSPS) is 11.8. The second kappa shape index (κ2) is 5.81. The van der Waals surface area contributed by atoms with Crippen LogP contribution in [0.1, 0.15) is 11.3 Å². The Morgan fingerprint density at radius 1 is 0.760 bits per heavy atom. The maximum absolute atomic E-state index is 15.3. The smallest absolute Gasteiger partial charge is 0.315 e. The van der Waals surface area contributed by atoms with E-state index in [1.54, 1.807) is 24.3 Å². The molecule has 0 N–H and O–H groups in total. The quantitative estimate of drug-likeness (QED) is 0.459. The van der Waals surface area contributed by atoms with Crippen LogP contribution in [0.4, 0.5) is 8.78 Å². The van der Waals surface area contributed by atoms with E-state index in [1.165, 1.54) is 31.4 Å². The third kappa shape index (κ3) is 2.50. The monoisotopic (exact) mass is 335 g/mol. The number of hydrogen-bond donors (Lipinski definition) is 0. The SMILES string of the molecule is COc1ccc(C(F)(F)c2nc3ccccc3c3ccccc23)cc1. The van der Waals surface area contributed by atoms with Crippen molar-refractivity contribution in [2.45, 2.75) is 5.92 Å². The predicted molar refractivity (Wildman–Crippen MR) is 95.2 cm³/mol. The van der Waals surface area contributed by atoms with Crippen LogP contribution < -0.4 is 4.74 Å². The van der Waals surface area contributed by atoms with Crippen molar-refractivity contribution >= 4 is 21.7 Å². The number of benzene rings is 3. The van der Waals surface area contributed by atoms with Crippen molar-refractivity contribution in [2.75, 3.05) is 7.11 Å². The van der Waals surface area contributed by atoms with E-state index in [2.05, 4.69) is 4.98 Å². The molecule has 0 saturated carbocycles. The van der Waals surface area contributed by atoms with Crippen molar-refractivity contribution < 1.29 is 13.5 Å². The third-order valence-corrected chi connectivity index (χ3v) is 4.36. The number of fused-ring (bicyclic) bond motifs is 3. The van der Waals surface area contributed by atoms with Gasteiger partial charge in [0.2, 0.25) is 0 Å². The molecule has 4 rings (SSSR count). The molecule has 0 saturated heterocycles. The fourth-order valence-electron chi connectivity index (χ4n) is 3.08. The van der Waals surface area contributed by atoms with Gasteiger partial charge in [0.1, 0.15) is 11.4 Å². The van der Waals surface area contributed by atoms with Gasteiger partial charge in [0.25, 0.3) is 0 Å². The first-order valence-corrected chi connectivity index (χ1v) is 7.91. The number of ether oxygens (including phenoxy) is 1. The molecule has 4 aromatic rings. The molecule has 3 aromatic carbocycles. The summed E-state index contributed by atoms with van der Waals surface area (Å²) in [5, 5.41) is 2.10. The van der Waals surface area contributed by atoms with Crippen molar-refractivity contribution in [1.82, 2.24) is 4.98 Å². The minimum absolute atomic E-state index is 0.110. The van der Waals surface area contributed by atoms with Crippen molar-refractivity contribution in [3.05, 3.63) is 84.1 Å². The van der Waals surface area contributed by atoms with Crippen LogP contribution in [-0.4, -0.2) is 12.1 Å². The summed E-state index contributed by atoms with van der Waals surface area (Å²) in [4.78, 5) is 4.31. The van der Waals surface area contributed by atoms with Crippen LogP contribution in [0.2, 0.25) is 0 Å². The molecule has 1 heterocycles. The Hall–Kier alpha value is -3.01. The van der Waals surface area contributed by atoms with E-state index in [9.17, 15) is 0 Å². The van der Waals surface area contributed by atoms with Crippen LogP contribution in [0.15, 0.2) is 72.8 Å². The summed E-state index contributed by atoms with van der Waals surface area (Å²) in [6, 6.07) is 20.3. The lowest BCUT2D eigenvalue weighted by Crippen LogP contribution is -2.18. The Morgan fingerprint density at radius 3 is 2.04 bits per heavy atom. The highest BCUT2D eigenvalue weighted by molar-refractivity contribution is 6.06. The molecule has 0 bridgehead atoms. The first-order chi connectivity index (χ1) is 12.1. The molecule has 25 heavy (non-hydrogen) atoms. The van der Waals surface area contributed by atoms with Crippen LogP contribution in [0.3, 0.4) is 0 Å². The summed E-state index contributed by atoms with van der Waals surface area (Å²) in [7, 11) is 1.51. The van der Waals surface area contributed by atoms with Gasteiger partial charge >= 0.3 is 5.92 Å². The van der Waals surface area contributed by atoms with Gasteiger partial charge in [-0.1, -0.05) is 42.5 Å². The minimum atomic E-state index is -3.21. The first-order valence-electron chi connectivity index (χ1n) is 7.91. The van der Waals surface area contributed by atoms with Crippen LogP contribution in [0, 0.1) is 0 Å². The molecule has 4 heteroatoms. The maximum atomic E-state index is 15.3. The van der Waals surface area contributed by atoms with Gasteiger partial charge in [0, 0.05) is 16.3 Å². The van der Waals surface area contributed by atoms with E-state index in [0.29, 0.717) is 16.7 Å². The standard InChI is InChI=1S/C21H15F2NO/c1-25-15-12-10-14(11-13-15)21(22,23)20-18-8-3-2-6-16(18)17-7-4-5-9-19(17)24-20/h2-13H,1H3. The Labute approximate surface area is 143 Å². The minimum Gasteiger partial charge on any atom is -0.497 e. The average molecular weight is 335 g/mol. The molecule has 0 aliphatic carbocycles. The molecule has 0 spiro atoms. The number of nitrogens with zero attached hydrogens (tertiary/aromatic N) is 1. The second-order valence-electron chi connectivity index (χ2n) is 5.83. The van der Waals surface area contributed by atoms with Gasteiger partial charge in [-0.15, -0.1) is 0 Å². The summed E-state index contributed by atoms with van der Waals surface area (Å²) in [6.45, 7) is 0. The lowest BCUT2D eigenvalue weighted by atomic mass is 9.97. The Bertz CT molecular complexity index is 1060. The number of rotatable bonds is 3. The number of methoxy groups -OCH3 is 1. The van der Waals surface area contributed by atoms with Gasteiger partial charge in [-0.25, -0.2) is 4.98 Å². The summed E-state index contributed by atoms with van der Waals surface area (Å²) >= 11 is 0. The first kappa shape index (κ1) is 15.5. The molecule has 0 atom stereocenters. The van der Waals surface area contributed by atoms with Gasteiger partial charge in [-0.2, -0.15) is 8.78 Å². The second-order valence-corrected chi connectivity index (χ2v) is 5.83. The average Bonchev–Trinajstić information content (AvgIpc) is 2.67. The highest BCUT2D eigenvalue weighted by atomic mass is 19.3. The van der Waals surface area contributed by atoms with E-state index < -0.39 is 5.92 Å². The predicted octanol–water partition coefficient (Wildman–Crippen LogP) is 5.54. The molecule has 0 radical (unpaired) electrons. The lowest BCUT2D eigenvalue weighted by molar-refractivity contribution is 0.0401. The van der Waals surface area contributed by atoms with Crippen molar-refractivity contribution in [2.24, 2.45) is 0 Å². The Morgan fingerprint density at radius 2 is 1.36 bits per heavy atom. The summed E-state index contributed by atoms with van der Waals surface area (Å²) in [5.41, 5.74) is 0.220.